The van der Waals surface area contributed by atoms with E-state index in [1.165, 1.54) is 6.07 Å². The van der Waals surface area contributed by atoms with Crippen LogP contribution in [0.15, 0.2) is 42.6 Å². The summed E-state index contributed by atoms with van der Waals surface area (Å²) in [5.74, 6) is 0.308. The first-order valence-electron chi connectivity index (χ1n) is 9.25. The minimum Gasteiger partial charge on any atom is -0.481 e. The van der Waals surface area contributed by atoms with Gasteiger partial charge in [-0.15, -0.1) is 5.10 Å². The summed E-state index contributed by atoms with van der Waals surface area (Å²) in [5.41, 5.74) is 2.98. The smallest absolute Gasteiger partial charge is 0.212 e. The normalized spacial score (nSPS) is 21.4. The van der Waals surface area contributed by atoms with Crippen molar-refractivity contribution in [2.75, 3.05) is 20.2 Å². The Bertz CT molecular complexity index is 991. The molecule has 1 saturated heterocycles. The zero-order valence-corrected chi connectivity index (χ0v) is 15.5. The quantitative estimate of drug-likeness (QED) is 0.692. The van der Waals surface area contributed by atoms with E-state index < -0.39 is 0 Å². The minimum absolute atomic E-state index is 0.0499. The Morgan fingerprint density at radius 2 is 2.11 bits per heavy atom. The first-order chi connectivity index (χ1) is 13.7. The van der Waals surface area contributed by atoms with Crippen molar-refractivity contribution in [3.05, 3.63) is 59.7 Å². The van der Waals surface area contributed by atoms with Gasteiger partial charge in [0.05, 0.1) is 31.6 Å². The molecule has 1 aromatic carbocycles. The van der Waals surface area contributed by atoms with Gasteiger partial charge in [0.25, 0.3) is 0 Å². The molecular formula is C20H20FN5O2. The van der Waals surface area contributed by atoms with E-state index in [0.29, 0.717) is 23.7 Å². The summed E-state index contributed by atoms with van der Waals surface area (Å²) in [6.45, 7) is 2.77. The predicted octanol–water partition coefficient (Wildman–Crippen LogP) is 2.44. The lowest BCUT2D eigenvalue weighted by Crippen LogP contribution is -2.32. The summed E-state index contributed by atoms with van der Waals surface area (Å²) >= 11 is 0. The molecule has 5 rings (SSSR count). The molecule has 7 nitrogen and oxygen atoms in total. The van der Waals surface area contributed by atoms with E-state index in [1.54, 1.807) is 25.3 Å². The third-order valence-corrected chi connectivity index (χ3v) is 5.39. The number of nitrogens with zero attached hydrogens (tertiary/aromatic N) is 5. The van der Waals surface area contributed by atoms with Crippen LogP contribution in [0.2, 0.25) is 0 Å². The second-order valence-electron chi connectivity index (χ2n) is 7.13. The molecule has 0 N–H and O–H groups in total. The first-order valence-corrected chi connectivity index (χ1v) is 9.25. The van der Waals surface area contributed by atoms with Gasteiger partial charge in [-0.2, -0.15) is 0 Å². The number of halogens is 1. The van der Waals surface area contributed by atoms with E-state index in [0.717, 1.165) is 30.9 Å². The van der Waals surface area contributed by atoms with Crippen LogP contribution in [-0.2, 0) is 17.9 Å². The van der Waals surface area contributed by atoms with E-state index in [9.17, 15) is 4.39 Å². The van der Waals surface area contributed by atoms with Gasteiger partial charge in [-0.25, -0.2) is 14.1 Å². The van der Waals surface area contributed by atoms with E-state index >= 15 is 0 Å². The van der Waals surface area contributed by atoms with Gasteiger partial charge >= 0.3 is 0 Å². The summed E-state index contributed by atoms with van der Waals surface area (Å²) < 4.78 is 27.3. The number of hydrogen-bond donors (Lipinski definition) is 0. The van der Waals surface area contributed by atoms with E-state index in [4.69, 9.17) is 9.47 Å². The number of aromatic nitrogens is 4. The van der Waals surface area contributed by atoms with Crippen LogP contribution in [0.3, 0.4) is 0 Å². The van der Waals surface area contributed by atoms with Gasteiger partial charge in [-0.05, 0) is 17.7 Å². The van der Waals surface area contributed by atoms with Gasteiger partial charge in [0, 0.05) is 37.5 Å². The topological polar surface area (TPSA) is 65.3 Å². The van der Waals surface area contributed by atoms with Gasteiger partial charge in [0.2, 0.25) is 5.88 Å². The molecule has 3 aromatic rings. The Balaban J connectivity index is 1.36. The van der Waals surface area contributed by atoms with Crippen LogP contribution < -0.4 is 4.74 Å². The van der Waals surface area contributed by atoms with Gasteiger partial charge < -0.3 is 9.47 Å². The maximum absolute atomic E-state index is 14.2. The van der Waals surface area contributed by atoms with Crippen molar-refractivity contribution in [3.63, 3.8) is 0 Å². The fourth-order valence-electron chi connectivity index (χ4n) is 4.01. The number of rotatable bonds is 4. The summed E-state index contributed by atoms with van der Waals surface area (Å²) in [6.07, 6.45) is 1.88. The molecule has 0 amide bonds. The lowest BCUT2D eigenvalue weighted by molar-refractivity contribution is -0.00495. The molecule has 2 aliphatic rings. The highest BCUT2D eigenvalue weighted by Crippen LogP contribution is 2.35. The highest BCUT2D eigenvalue weighted by Gasteiger charge is 2.40. The predicted molar refractivity (Wildman–Crippen MR) is 99.1 cm³/mol. The van der Waals surface area contributed by atoms with Crippen LogP contribution >= 0.6 is 0 Å². The first kappa shape index (κ1) is 17.3. The minimum atomic E-state index is -0.298. The number of pyridine rings is 1. The molecule has 28 heavy (non-hydrogen) atoms. The summed E-state index contributed by atoms with van der Waals surface area (Å²) in [5, 5.41) is 8.61. The maximum atomic E-state index is 14.2. The van der Waals surface area contributed by atoms with Gasteiger partial charge in [0.1, 0.15) is 11.5 Å². The zero-order valence-electron chi connectivity index (χ0n) is 15.5. The van der Waals surface area contributed by atoms with Crippen molar-refractivity contribution in [1.29, 1.82) is 0 Å². The fourth-order valence-corrected chi connectivity index (χ4v) is 4.01. The molecule has 0 aliphatic carbocycles. The Kier molecular flexibility index (Phi) is 4.29. The van der Waals surface area contributed by atoms with Crippen molar-refractivity contribution >= 4 is 0 Å². The number of hydrogen-bond acceptors (Lipinski definition) is 6. The molecule has 2 aromatic heterocycles. The zero-order chi connectivity index (χ0) is 19.1. The highest BCUT2D eigenvalue weighted by atomic mass is 19.1. The Labute approximate surface area is 161 Å². The molecule has 0 saturated carbocycles. The number of ether oxygens (including phenoxy) is 2. The number of benzene rings is 1. The molecule has 0 radical (unpaired) electrons. The SMILES string of the molecule is COc1ccc(CN2C[C@@H]3OCc4c(-c5ccccc5F)nnn4[C@H]3C2)cn1. The van der Waals surface area contributed by atoms with Crippen molar-refractivity contribution in [2.45, 2.75) is 25.3 Å². The molecule has 0 unspecified atom stereocenters. The third-order valence-electron chi connectivity index (χ3n) is 5.39. The largest absolute Gasteiger partial charge is 0.481 e. The van der Waals surface area contributed by atoms with Gasteiger partial charge in [0.15, 0.2) is 0 Å². The molecule has 1 fully saturated rings. The monoisotopic (exact) mass is 381 g/mol. The Hall–Kier alpha value is -2.84. The third kappa shape index (κ3) is 2.94. The van der Waals surface area contributed by atoms with Crippen LogP contribution in [0.1, 0.15) is 17.3 Å². The summed E-state index contributed by atoms with van der Waals surface area (Å²) in [6, 6.07) is 10.6. The lowest BCUT2D eigenvalue weighted by atomic mass is 10.1. The molecular weight excluding hydrogens is 361 g/mol. The van der Waals surface area contributed by atoms with E-state index in [-0.39, 0.29) is 18.0 Å². The average Bonchev–Trinajstić information content (AvgIpc) is 3.32. The number of likely N-dealkylation sites (tertiary alicyclic amines) is 1. The van der Waals surface area contributed by atoms with E-state index in [2.05, 4.69) is 20.2 Å². The second kappa shape index (κ2) is 6.96. The molecule has 144 valence electrons. The standard InChI is InChI=1S/C20H20FN5O2/c1-27-19-7-6-13(8-22-19)9-25-10-16-18(11-25)28-12-17-20(23-24-26(16)17)14-4-2-3-5-15(14)21/h2-8,16,18H,9-12H2,1H3/t16-,18-/m0/s1. The van der Waals surface area contributed by atoms with Gasteiger partial charge in [-0.3, -0.25) is 4.90 Å². The molecule has 0 bridgehead atoms. The van der Waals surface area contributed by atoms with E-state index in [1.807, 2.05) is 23.0 Å². The van der Waals surface area contributed by atoms with Crippen molar-refractivity contribution < 1.29 is 13.9 Å². The van der Waals surface area contributed by atoms with Gasteiger partial charge in [-0.1, -0.05) is 23.4 Å². The molecule has 2 aliphatic heterocycles. The van der Waals surface area contributed by atoms with Crippen LogP contribution in [0, 0.1) is 5.82 Å². The maximum Gasteiger partial charge on any atom is 0.212 e. The second-order valence-corrected chi connectivity index (χ2v) is 7.13. The highest BCUT2D eigenvalue weighted by molar-refractivity contribution is 5.62. The van der Waals surface area contributed by atoms with Crippen molar-refractivity contribution in [2.24, 2.45) is 0 Å². The Morgan fingerprint density at radius 1 is 1.21 bits per heavy atom. The number of methoxy groups -OCH3 is 1. The summed E-state index contributed by atoms with van der Waals surface area (Å²) in [7, 11) is 1.61. The van der Waals surface area contributed by atoms with Crippen LogP contribution in [0.5, 0.6) is 5.88 Å². The van der Waals surface area contributed by atoms with Crippen LogP contribution in [0.25, 0.3) is 11.3 Å². The number of fused-ring (bicyclic) bond motifs is 3. The fraction of sp³-hybridized carbons (Fsp3) is 0.350. The van der Waals surface area contributed by atoms with Crippen molar-refractivity contribution in [3.8, 4) is 17.1 Å². The average molecular weight is 381 g/mol. The molecule has 2 atom stereocenters. The van der Waals surface area contributed by atoms with Crippen LogP contribution in [0.4, 0.5) is 4.39 Å². The molecule has 0 spiro atoms. The Morgan fingerprint density at radius 3 is 2.89 bits per heavy atom. The van der Waals surface area contributed by atoms with Crippen LogP contribution in [-0.4, -0.2) is 51.2 Å². The molecule has 8 heteroatoms. The summed E-state index contributed by atoms with van der Waals surface area (Å²) in [4.78, 5) is 6.59. The van der Waals surface area contributed by atoms with Crippen molar-refractivity contribution in [1.82, 2.24) is 24.9 Å². The lowest BCUT2D eigenvalue weighted by Gasteiger charge is -2.26. The molecule has 4 heterocycles.